The first-order valence-electron chi connectivity index (χ1n) is 9.75. The van der Waals surface area contributed by atoms with Gasteiger partial charge >= 0.3 is 0 Å². The van der Waals surface area contributed by atoms with Crippen LogP contribution in [0.2, 0.25) is 5.02 Å². The normalized spacial score (nSPS) is 18.0. The molecule has 3 aromatic rings. The van der Waals surface area contributed by atoms with Crippen LogP contribution in [-0.2, 0) is 16.1 Å². The van der Waals surface area contributed by atoms with Gasteiger partial charge in [0.2, 0.25) is 12.1 Å². The van der Waals surface area contributed by atoms with Crippen LogP contribution in [0.15, 0.2) is 72.8 Å². The van der Waals surface area contributed by atoms with E-state index in [2.05, 4.69) is 4.98 Å². The van der Waals surface area contributed by atoms with E-state index in [-0.39, 0.29) is 17.7 Å². The molecule has 0 aliphatic carbocycles. The minimum Gasteiger partial charge on any atom is -0.872 e. The summed E-state index contributed by atoms with van der Waals surface area (Å²) >= 11 is 6.00. The smallest absolute Gasteiger partial charge is 0.295 e. The summed E-state index contributed by atoms with van der Waals surface area (Å²) in [6.07, 6.45) is 6.03. The van der Waals surface area contributed by atoms with Crippen molar-refractivity contribution in [3.05, 3.63) is 94.8 Å². The average Bonchev–Trinajstić information content (AvgIpc) is 3.37. The van der Waals surface area contributed by atoms with Crippen LogP contribution in [0.25, 0.3) is 5.76 Å². The molecule has 1 fully saturated rings. The predicted octanol–water partition coefficient (Wildman–Crippen LogP) is 2.41. The van der Waals surface area contributed by atoms with Crippen LogP contribution in [0.4, 0.5) is 4.39 Å². The molecule has 1 unspecified atom stereocenters. The van der Waals surface area contributed by atoms with Gasteiger partial charge in [0.15, 0.2) is 0 Å². The Morgan fingerprint density at radius 3 is 2.48 bits per heavy atom. The molecule has 2 heterocycles. The molecule has 1 aromatic heterocycles. The Morgan fingerprint density at radius 2 is 1.84 bits per heavy atom. The number of nitrogens with one attached hydrogen (secondary N) is 1. The Bertz CT molecular complexity index is 1130. The highest BCUT2D eigenvalue weighted by Gasteiger charge is 2.43. The number of imidazole rings is 1. The number of aryl methyl sites for hydroxylation is 1. The first-order valence-corrected chi connectivity index (χ1v) is 10.1. The van der Waals surface area contributed by atoms with E-state index in [0.29, 0.717) is 23.6 Å². The van der Waals surface area contributed by atoms with Crippen molar-refractivity contribution in [1.29, 1.82) is 0 Å². The molecule has 0 bridgehead atoms. The largest absolute Gasteiger partial charge is 0.872 e. The number of hydrogen-bond donors (Lipinski definition) is 1. The summed E-state index contributed by atoms with van der Waals surface area (Å²) in [6, 6.07) is 10.8. The van der Waals surface area contributed by atoms with Crippen molar-refractivity contribution in [3.8, 4) is 0 Å². The third kappa shape index (κ3) is 4.22. The van der Waals surface area contributed by atoms with E-state index in [9.17, 15) is 19.1 Å². The van der Waals surface area contributed by atoms with Gasteiger partial charge in [-0.2, -0.15) is 0 Å². The topological polar surface area (TPSA) is 80.1 Å². The molecule has 6 nitrogen and oxygen atoms in total. The minimum atomic E-state index is -0.830. The molecule has 1 aliphatic heterocycles. The molecule has 4 rings (SSSR count). The standard InChI is InChI=1S/C23H19ClFN3O3/c24-17-6-2-15(3-7-17)20-19(21(29)16-4-8-18(25)9-5-16)22(30)23(31)28(20)12-1-11-27-13-10-26-14-27/h2-10,13-14,20H,1,11-12H2,(H,29,30). The fraction of sp³-hybridized carbons (Fsp3) is 0.174. The number of benzene rings is 2. The molecule has 31 heavy (non-hydrogen) atoms. The molecule has 2 aromatic carbocycles. The molecule has 158 valence electrons. The summed E-state index contributed by atoms with van der Waals surface area (Å²) in [5, 5.41) is 13.7. The zero-order valence-corrected chi connectivity index (χ0v) is 17.2. The quantitative estimate of drug-likeness (QED) is 0.277. The van der Waals surface area contributed by atoms with Gasteiger partial charge < -0.3 is 10.0 Å². The van der Waals surface area contributed by atoms with Crippen LogP contribution in [0.1, 0.15) is 23.6 Å². The second-order valence-corrected chi connectivity index (χ2v) is 7.67. The van der Waals surface area contributed by atoms with Crippen LogP contribution >= 0.6 is 11.6 Å². The van der Waals surface area contributed by atoms with Gasteiger partial charge in [0.25, 0.3) is 5.91 Å². The fourth-order valence-corrected chi connectivity index (χ4v) is 3.86. The summed E-state index contributed by atoms with van der Waals surface area (Å²) < 4.78 is 15.2. The lowest BCUT2D eigenvalue weighted by Crippen LogP contribution is -2.36. The Balaban J connectivity index is 1.72. The molecule has 0 spiro atoms. The molecule has 1 amide bonds. The lowest BCUT2D eigenvalue weighted by atomic mass is 9.95. The number of carbonyl (C=O) groups is 2. The zero-order chi connectivity index (χ0) is 22.0. The summed E-state index contributed by atoms with van der Waals surface area (Å²) in [6.45, 7) is 0.923. The monoisotopic (exact) mass is 439 g/mol. The number of aromatic amines is 1. The number of nitrogens with zero attached hydrogens (tertiary/aromatic N) is 2. The first kappa shape index (κ1) is 20.8. The maximum atomic E-state index is 13.3. The number of H-pyrrole nitrogens is 1. The lowest BCUT2D eigenvalue weighted by molar-refractivity contribution is -0.695. The van der Waals surface area contributed by atoms with Crippen molar-refractivity contribution in [2.45, 2.75) is 19.0 Å². The molecule has 1 N–H and O–H groups in total. The van der Waals surface area contributed by atoms with Crippen LogP contribution in [0.5, 0.6) is 0 Å². The molecule has 1 saturated heterocycles. The van der Waals surface area contributed by atoms with Crippen LogP contribution in [0, 0.1) is 5.82 Å². The van der Waals surface area contributed by atoms with E-state index < -0.39 is 29.3 Å². The summed E-state index contributed by atoms with van der Waals surface area (Å²) in [4.78, 5) is 30.1. The second-order valence-electron chi connectivity index (χ2n) is 7.23. The number of likely N-dealkylation sites (tertiary alicyclic amines) is 1. The van der Waals surface area contributed by atoms with Crippen molar-refractivity contribution in [2.75, 3.05) is 6.54 Å². The third-order valence-electron chi connectivity index (χ3n) is 5.24. The van der Waals surface area contributed by atoms with Gasteiger partial charge in [-0.05, 0) is 35.4 Å². The highest BCUT2D eigenvalue weighted by Crippen LogP contribution is 2.39. The first-order chi connectivity index (χ1) is 15.0. The van der Waals surface area contributed by atoms with E-state index >= 15 is 0 Å². The Hall–Kier alpha value is -3.45. The van der Waals surface area contributed by atoms with Gasteiger partial charge in [0.1, 0.15) is 18.2 Å². The number of amides is 1. The second kappa shape index (κ2) is 8.73. The van der Waals surface area contributed by atoms with E-state index in [1.165, 1.54) is 17.0 Å². The van der Waals surface area contributed by atoms with E-state index in [1.807, 2.05) is 10.8 Å². The van der Waals surface area contributed by atoms with E-state index in [4.69, 9.17) is 11.6 Å². The van der Waals surface area contributed by atoms with E-state index in [1.54, 1.807) is 36.8 Å². The number of halogens is 2. The summed E-state index contributed by atoms with van der Waals surface area (Å²) in [7, 11) is 0. The van der Waals surface area contributed by atoms with Crippen LogP contribution < -0.4 is 9.67 Å². The van der Waals surface area contributed by atoms with Gasteiger partial charge in [-0.25, -0.2) is 8.96 Å². The highest BCUT2D eigenvalue weighted by molar-refractivity contribution is 6.46. The van der Waals surface area contributed by atoms with Crippen LogP contribution in [0.3, 0.4) is 0 Å². The van der Waals surface area contributed by atoms with Crippen molar-refractivity contribution in [2.24, 2.45) is 0 Å². The maximum Gasteiger partial charge on any atom is 0.295 e. The molecule has 8 heteroatoms. The number of Topliss-reactive ketones (excluding diaryl/α,β-unsaturated/α-hetero) is 1. The third-order valence-corrected chi connectivity index (χ3v) is 5.49. The Morgan fingerprint density at radius 1 is 1.13 bits per heavy atom. The number of ketones is 1. The van der Waals surface area contributed by atoms with Gasteiger partial charge in [-0.15, -0.1) is 0 Å². The molecular weight excluding hydrogens is 421 g/mol. The van der Waals surface area contributed by atoms with E-state index in [0.717, 1.165) is 12.1 Å². The Labute approximate surface area is 183 Å². The number of hydrogen-bond acceptors (Lipinski definition) is 3. The number of carbonyl (C=O) groups excluding carboxylic acids is 2. The highest BCUT2D eigenvalue weighted by atomic mass is 35.5. The van der Waals surface area contributed by atoms with Crippen molar-refractivity contribution in [3.63, 3.8) is 0 Å². The molecule has 1 atom stereocenters. The van der Waals surface area contributed by atoms with Gasteiger partial charge in [-0.3, -0.25) is 14.6 Å². The molecule has 0 saturated carbocycles. The van der Waals surface area contributed by atoms with Crippen molar-refractivity contribution < 1.29 is 23.7 Å². The zero-order valence-electron chi connectivity index (χ0n) is 16.4. The minimum absolute atomic E-state index is 0.131. The fourth-order valence-electron chi connectivity index (χ4n) is 3.73. The van der Waals surface area contributed by atoms with Gasteiger partial charge in [0.05, 0.1) is 12.6 Å². The number of rotatable bonds is 6. The summed E-state index contributed by atoms with van der Waals surface area (Å²) in [5.74, 6) is -2.62. The van der Waals surface area contributed by atoms with Crippen LogP contribution in [-0.4, -0.2) is 28.1 Å². The van der Waals surface area contributed by atoms with Crippen molar-refractivity contribution in [1.82, 2.24) is 9.88 Å². The van der Waals surface area contributed by atoms with Crippen molar-refractivity contribution >= 4 is 29.1 Å². The Kier molecular flexibility index (Phi) is 5.86. The predicted molar refractivity (Wildman–Crippen MR) is 110 cm³/mol. The van der Waals surface area contributed by atoms with Gasteiger partial charge in [-0.1, -0.05) is 41.6 Å². The average molecular weight is 440 g/mol. The SMILES string of the molecule is O=C1C(=O)N(CCC[n+]2cc[nH]c2)C(c2ccc(Cl)cc2)C1=C([O-])c1ccc(F)cc1. The maximum absolute atomic E-state index is 13.3. The lowest BCUT2D eigenvalue weighted by Gasteiger charge is -2.27. The molecule has 0 radical (unpaired) electrons. The number of aromatic nitrogens is 2. The molecular formula is C23H19ClFN3O3. The van der Waals surface area contributed by atoms with Gasteiger partial charge in [0, 0.05) is 23.6 Å². The molecule has 1 aliphatic rings. The summed E-state index contributed by atoms with van der Waals surface area (Å²) in [5.41, 5.74) is 0.637.